The second-order valence-corrected chi connectivity index (χ2v) is 28.6. The minimum atomic E-state index is -4.58. The van der Waals surface area contributed by atoms with E-state index < -0.39 is 87.9 Å². The lowest BCUT2D eigenvalue weighted by Crippen LogP contribution is -2.39. The molecule has 5 atom stereocenters. The fourth-order valence-corrected chi connectivity index (χ4v) is 9.08. The number of rotatable bonds is 14. The van der Waals surface area contributed by atoms with E-state index in [9.17, 15) is 65.9 Å². The number of nitrogens with zero attached hydrogens (tertiary/aromatic N) is 10. The maximum absolute atomic E-state index is 12.6. The molecule has 20 nitrogen and oxygen atoms in total. The van der Waals surface area contributed by atoms with Gasteiger partial charge in [0.2, 0.25) is 23.8 Å². The van der Waals surface area contributed by atoms with Crippen molar-refractivity contribution >= 4 is 58.7 Å². The van der Waals surface area contributed by atoms with Crippen molar-refractivity contribution in [2.75, 3.05) is 55.3 Å². The van der Waals surface area contributed by atoms with Crippen LogP contribution in [0.4, 0.5) is 125 Å². The van der Waals surface area contributed by atoms with Crippen LogP contribution in [-0.4, -0.2) is 80.0 Å². The van der Waals surface area contributed by atoms with Gasteiger partial charge in [-0.05, 0) is 58.7 Å². The fourth-order valence-electron chi connectivity index (χ4n) is 9.08. The average molecular weight is 1400 g/mol. The number of hydrogen-bond donors (Lipinski definition) is 10. The van der Waals surface area contributed by atoms with Gasteiger partial charge in [0.1, 0.15) is 51.3 Å². The molecule has 5 heterocycles. The molecular formula is C61H97F15N20. The third-order valence-corrected chi connectivity index (χ3v) is 14.5. The predicted molar refractivity (Wildman–Crippen MR) is 347 cm³/mol. The van der Waals surface area contributed by atoms with Crippen molar-refractivity contribution in [2.24, 2.45) is 38.9 Å². The second-order valence-electron chi connectivity index (χ2n) is 28.6. The van der Waals surface area contributed by atoms with E-state index in [1.54, 1.807) is 0 Å². The molecule has 0 unspecified atom stereocenters. The first-order chi connectivity index (χ1) is 43.0. The van der Waals surface area contributed by atoms with Crippen LogP contribution in [0.3, 0.4) is 0 Å². The first kappa shape index (κ1) is 86.4. The van der Waals surface area contributed by atoms with Gasteiger partial charge in [0.05, 0.1) is 6.20 Å². The minimum Gasteiger partial charge on any atom is -0.383 e. The molecule has 0 saturated carbocycles. The monoisotopic (exact) mass is 1390 g/mol. The molecule has 5 aromatic rings. The molecule has 0 aliphatic rings. The van der Waals surface area contributed by atoms with Crippen LogP contribution < -0.4 is 55.3 Å². The van der Waals surface area contributed by atoms with Gasteiger partial charge in [0, 0.05) is 55.0 Å². The first-order valence-corrected chi connectivity index (χ1v) is 30.3. The van der Waals surface area contributed by atoms with E-state index in [2.05, 4.69) is 76.4 Å². The Labute approximate surface area is 552 Å². The summed E-state index contributed by atoms with van der Waals surface area (Å²) in [6.07, 6.45) is -17.2. The van der Waals surface area contributed by atoms with E-state index in [1.807, 2.05) is 152 Å². The lowest BCUT2D eigenvalue weighted by molar-refractivity contribution is -0.141. The van der Waals surface area contributed by atoms with Crippen LogP contribution in [0.2, 0.25) is 0 Å². The largest absolute Gasteiger partial charge is 0.437 e. The fraction of sp³-hybridized carbons (Fsp3) is 0.672. The van der Waals surface area contributed by atoms with Gasteiger partial charge in [-0.25, -0.2) is 29.9 Å². The molecular weight excluding hydrogens is 1300 g/mol. The topological polar surface area (TPSA) is 319 Å². The normalized spacial score (nSPS) is 14.4. The van der Waals surface area contributed by atoms with Gasteiger partial charge >= 0.3 is 30.9 Å². The van der Waals surface area contributed by atoms with Gasteiger partial charge in [0.15, 0.2) is 11.5 Å². The summed E-state index contributed by atoms with van der Waals surface area (Å²) in [5.41, 5.74) is 21.1. The van der Waals surface area contributed by atoms with Crippen molar-refractivity contribution in [3.05, 3.63) is 58.9 Å². The van der Waals surface area contributed by atoms with E-state index in [0.717, 1.165) is 19.0 Å². The molecule has 0 aliphatic heterocycles. The molecule has 0 amide bonds. The SMILES string of the molecule is CC(C)[C@@H](Nc1ncc(C(F)(F)F)c(N)n1)C(C)(C)C.CC(C)[C@H](Nc1ncc(C(F)(F)F)c(N)n1)C(C)(C)C.CC[C@@H](Nc1ncc(C(F)(F)F)c(N)n1)C(C)(C)C.CC[C@H](Nc1ncc(C(F)(F)F)c(N)n1)C(C)(C)C.C[C@H](Nc1cnc(C(F)(F)F)c(N)n1)C(C)(C)C. The summed E-state index contributed by atoms with van der Waals surface area (Å²) in [6.45, 7) is 44.4. The van der Waals surface area contributed by atoms with Gasteiger partial charge in [-0.2, -0.15) is 85.8 Å². The molecule has 0 bridgehead atoms. The minimum absolute atomic E-state index is 0.0126. The lowest BCUT2D eigenvalue weighted by Gasteiger charge is -2.34. The summed E-state index contributed by atoms with van der Waals surface area (Å²) in [4.78, 5) is 36.6. The number of anilines is 10. The van der Waals surface area contributed by atoms with E-state index in [1.165, 1.54) is 0 Å². The number of halogens is 15. The summed E-state index contributed by atoms with van der Waals surface area (Å²) < 4.78 is 188. The quantitative estimate of drug-likeness (QED) is 0.0462. The molecule has 5 aromatic heterocycles. The number of nitrogens with two attached hydrogens (primary N) is 5. The van der Waals surface area contributed by atoms with Crippen LogP contribution in [0.1, 0.15) is 193 Å². The Balaban J connectivity index is 0.000000600. The van der Waals surface area contributed by atoms with Crippen molar-refractivity contribution in [1.29, 1.82) is 0 Å². The number of hydrogen-bond acceptors (Lipinski definition) is 20. The average Bonchev–Trinajstić information content (AvgIpc) is 0.856. The maximum Gasteiger partial charge on any atom is 0.437 e. The van der Waals surface area contributed by atoms with Gasteiger partial charge < -0.3 is 55.3 Å². The zero-order valence-electron chi connectivity index (χ0n) is 58.4. The Kier molecular flexibility index (Phi) is 29.7. The maximum atomic E-state index is 12.6. The molecule has 96 heavy (non-hydrogen) atoms. The third kappa shape index (κ3) is 28.2. The Morgan fingerprint density at radius 3 is 0.760 bits per heavy atom. The molecule has 0 aliphatic carbocycles. The highest BCUT2D eigenvalue weighted by atomic mass is 19.4. The number of alkyl halides is 15. The smallest absolute Gasteiger partial charge is 0.383 e. The zero-order chi connectivity index (χ0) is 75.3. The van der Waals surface area contributed by atoms with Gasteiger partial charge in [0.25, 0.3) is 0 Å². The highest BCUT2D eigenvalue weighted by molar-refractivity contribution is 5.49. The zero-order valence-corrected chi connectivity index (χ0v) is 58.4. The van der Waals surface area contributed by atoms with E-state index in [4.69, 9.17) is 28.7 Å². The van der Waals surface area contributed by atoms with Crippen LogP contribution in [-0.2, 0) is 30.9 Å². The van der Waals surface area contributed by atoms with Crippen molar-refractivity contribution in [1.82, 2.24) is 49.8 Å². The molecule has 5 rings (SSSR count). The molecule has 0 aromatic carbocycles. The summed E-state index contributed by atoms with van der Waals surface area (Å²) in [5, 5.41) is 15.2. The molecule has 0 saturated heterocycles. The predicted octanol–water partition coefficient (Wildman–Crippen LogP) is 16.7. The summed E-state index contributed by atoms with van der Waals surface area (Å²) in [6, 6.07) is 0.132. The molecule has 35 heteroatoms. The standard InChI is InChI=1S/2C13H21F3N4.2C12H19F3N4.C11H17F3N4/c2*1-7(2)9(12(3,4)5)19-11-18-6-8(10(17)20-11)13(14,15)16;2*1-5-8(11(2,3)4)18-10-17-6-7(9(16)19-10)12(13,14)15;1-6(10(2,3)4)17-7-5-16-8(9(15)18-7)11(12,13)14/h2*6-7,9H,1-5H3,(H3,17,18,19,20);2*6,8H,5H2,1-4H3,(H3,16,17,18,19);5-6H,1-4H3,(H3,15,17,18)/t2*9-;2*8-;6-/m10100/s1. The molecule has 0 radical (unpaired) electrons. The van der Waals surface area contributed by atoms with Crippen molar-refractivity contribution in [2.45, 2.75) is 226 Å². The van der Waals surface area contributed by atoms with E-state index in [0.29, 0.717) is 24.8 Å². The van der Waals surface area contributed by atoms with Crippen LogP contribution in [0.15, 0.2) is 31.0 Å². The molecule has 0 fully saturated rings. The highest BCUT2D eigenvalue weighted by Gasteiger charge is 2.40. The Morgan fingerprint density at radius 1 is 0.323 bits per heavy atom. The lowest BCUT2D eigenvalue weighted by atomic mass is 9.80. The first-order valence-electron chi connectivity index (χ1n) is 30.3. The Bertz CT molecular complexity index is 3040. The highest BCUT2D eigenvalue weighted by Crippen LogP contribution is 2.38. The summed E-state index contributed by atoms with van der Waals surface area (Å²) in [7, 11) is 0. The number of nitrogens with one attached hydrogen (secondary N) is 5. The Hall–Kier alpha value is -7.65. The van der Waals surface area contributed by atoms with Crippen LogP contribution in [0, 0.1) is 38.9 Å². The van der Waals surface area contributed by atoms with E-state index >= 15 is 0 Å². The van der Waals surface area contributed by atoms with E-state index in [-0.39, 0.29) is 98.7 Å². The molecule has 0 spiro atoms. The van der Waals surface area contributed by atoms with Crippen LogP contribution in [0.25, 0.3) is 0 Å². The van der Waals surface area contributed by atoms with Crippen molar-refractivity contribution in [3.8, 4) is 0 Å². The Morgan fingerprint density at radius 2 is 0.583 bits per heavy atom. The molecule has 546 valence electrons. The second kappa shape index (κ2) is 33.1. The van der Waals surface area contributed by atoms with Crippen LogP contribution in [0.5, 0.6) is 0 Å². The number of aromatic nitrogens is 10. The van der Waals surface area contributed by atoms with Crippen molar-refractivity contribution < 1.29 is 65.9 Å². The van der Waals surface area contributed by atoms with Gasteiger partial charge in [-0.15, -0.1) is 0 Å². The third-order valence-electron chi connectivity index (χ3n) is 14.5. The van der Waals surface area contributed by atoms with Gasteiger partial charge in [-0.1, -0.05) is 145 Å². The summed E-state index contributed by atoms with van der Waals surface area (Å²) >= 11 is 0. The molecule has 15 N–H and O–H groups in total. The number of nitrogen functional groups attached to an aromatic ring is 5. The van der Waals surface area contributed by atoms with Crippen LogP contribution >= 0.6 is 0 Å². The summed E-state index contributed by atoms with van der Waals surface area (Å²) in [5.74, 6) is -1.63. The van der Waals surface area contributed by atoms with Gasteiger partial charge in [-0.3, -0.25) is 0 Å². The van der Waals surface area contributed by atoms with Crippen molar-refractivity contribution in [3.63, 3.8) is 0 Å².